The van der Waals surface area contributed by atoms with Crippen molar-refractivity contribution in [2.45, 2.75) is 32.6 Å². The summed E-state index contributed by atoms with van der Waals surface area (Å²) in [4.78, 5) is 13.2. The summed E-state index contributed by atoms with van der Waals surface area (Å²) < 4.78 is 15.3. The number of nitrogens with zero attached hydrogens (tertiary/aromatic N) is 2. The van der Waals surface area contributed by atoms with Gasteiger partial charge in [-0.05, 0) is 81.2 Å². The maximum Gasteiger partial charge on any atom is 0.259 e. The summed E-state index contributed by atoms with van der Waals surface area (Å²) in [7, 11) is 0. The summed E-state index contributed by atoms with van der Waals surface area (Å²) in [6.45, 7) is 5.50. The number of benzene rings is 2. The van der Waals surface area contributed by atoms with Crippen molar-refractivity contribution in [3.05, 3.63) is 75.8 Å². The minimum atomic E-state index is -0.329. The number of hydrogen-bond acceptors (Lipinski definition) is 3. The monoisotopic (exact) mass is 426 g/mol. The van der Waals surface area contributed by atoms with Gasteiger partial charge in [0, 0.05) is 16.6 Å². The molecule has 2 heterocycles. The van der Waals surface area contributed by atoms with Crippen molar-refractivity contribution in [3.8, 4) is 5.69 Å². The lowest BCUT2D eigenvalue weighted by atomic mass is 9.91. The Kier molecular flexibility index (Phi) is 5.88. The first kappa shape index (κ1) is 20.6. The molecule has 0 atom stereocenters. The lowest BCUT2D eigenvalue weighted by Crippen LogP contribution is -2.29. The molecule has 4 rings (SSSR count). The molecule has 0 radical (unpaired) electrons. The lowest BCUT2D eigenvalue weighted by Gasteiger charge is -2.25. The second kappa shape index (κ2) is 8.58. The van der Waals surface area contributed by atoms with Crippen LogP contribution in [0.4, 0.5) is 10.1 Å². The quantitative estimate of drug-likeness (QED) is 0.617. The molecule has 156 valence electrons. The highest BCUT2D eigenvalue weighted by Gasteiger charge is 2.27. The molecule has 1 aliphatic heterocycles. The van der Waals surface area contributed by atoms with Crippen LogP contribution < -0.4 is 10.6 Å². The van der Waals surface area contributed by atoms with E-state index >= 15 is 0 Å². The van der Waals surface area contributed by atoms with Crippen LogP contribution in [0.3, 0.4) is 0 Å². The van der Waals surface area contributed by atoms with E-state index in [9.17, 15) is 9.18 Å². The van der Waals surface area contributed by atoms with Gasteiger partial charge in [-0.15, -0.1) is 0 Å². The number of carbonyl (C=O) groups is 1. The Hall–Kier alpha value is -2.70. The van der Waals surface area contributed by atoms with Crippen LogP contribution in [-0.2, 0) is 0 Å². The SMILES string of the molecule is Cc1ccc(-n2ncc(C(=O)Nc3ccc(F)cc3C)c2C2CCNCC2)cc1Cl. The van der Waals surface area contributed by atoms with Crippen LogP contribution in [-0.4, -0.2) is 28.8 Å². The van der Waals surface area contributed by atoms with E-state index in [-0.39, 0.29) is 17.6 Å². The fourth-order valence-electron chi connectivity index (χ4n) is 3.90. The van der Waals surface area contributed by atoms with Crippen LogP contribution in [0.25, 0.3) is 5.69 Å². The molecule has 7 heteroatoms. The van der Waals surface area contributed by atoms with E-state index in [0.717, 1.165) is 42.9 Å². The van der Waals surface area contributed by atoms with Crippen molar-refractivity contribution in [1.82, 2.24) is 15.1 Å². The van der Waals surface area contributed by atoms with Gasteiger partial charge in [0.15, 0.2) is 0 Å². The zero-order chi connectivity index (χ0) is 21.3. The summed E-state index contributed by atoms with van der Waals surface area (Å²) >= 11 is 6.35. The molecule has 0 saturated carbocycles. The van der Waals surface area contributed by atoms with E-state index in [1.54, 1.807) is 19.2 Å². The van der Waals surface area contributed by atoms with Gasteiger partial charge in [-0.25, -0.2) is 9.07 Å². The molecule has 0 spiro atoms. The number of piperidine rings is 1. The summed E-state index contributed by atoms with van der Waals surface area (Å²) in [5, 5.41) is 11.5. The number of nitrogens with one attached hydrogen (secondary N) is 2. The van der Waals surface area contributed by atoms with E-state index in [4.69, 9.17) is 11.6 Å². The zero-order valence-corrected chi connectivity index (χ0v) is 17.8. The van der Waals surface area contributed by atoms with Gasteiger partial charge in [0.25, 0.3) is 5.91 Å². The minimum absolute atomic E-state index is 0.198. The molecule has 1 saturated heterocycles. The molecule has 1 aliphatic rings. The Morgan fingerprint density at radius 3 is 2.63 bits per heavy atom. The van der Waals surface area contributed by atoms with Crippen LogP contribution in [0.5, 0.6) is 0 Å². The molecule has 1 fully saturated rings. The van der Waals surface area contributed by atoms with E-state index in [0.29, 0.717) is 21.8 Å². The van der Waals surface area contributed by atoms with Gasteiger partial charge in [-0.2, -0.15) is 5.10 Å². The molecule has 1 aromatic heterocycles. The van der Waals surface area contributed by atoms with Crippen molar-refractivity contribution in [2.75, 3.05) is 18.4 Å². The van der Waals surface area contributed by atoms with E-state index in [1.165, 1.54) is 12.1 Å². The van der Waals surface area contributed by atoms with Crippen molar-refractivity contribution in [1.29, 1.82) is 0 Å². The number of aryl methyl sites for hydroxylation is 2. The maximum atomic E-state index is 13.4. The van der Waals surface area contributed by atoms with Crippen LogP contribution in [0.1, 0.15) is 45.9 Å². The third-order valence-corrected chi connectivity index (χ3v) is 6.02. The fourth-order valence-corrected chi connectivity index (χ4v) is 4.07. The predicted octanol–water partition coefficient (Wildman–Crippen LogP) is 5.00. The Labute approximate surface area is 180 Å². The third-order valence-electron chi connectivity index (χ3n) is 5.61. The van der Waals surface area contributed by atoms with Crippen LogP contribution in [0.15, 0.2) is 42.6 Å². The Morgan fingerprint density at radius 1 is 1.17 bits per heavy atom. The third kappa shape index (κ3) is 4.11. The fraction of sp³-hybridized carbons (Fsp3) is 0.304. The first-order chi connectivity index (χ1) is 14.4. The smallest absolute Gasteiger partial charge is 0.259 e. The van der Waals surface area contributed by atoms with Gasteiger partial charge in [-0.1, -0.05) is 17.7 Å². The topological polar surface area (TPSA) is 59.0 Å². The molecule has 0 unspecified atom stereocenters. The van der Waals surface area contributed by atoms with Crippen molar-refractivity contribution in [2.24, 2.45) is 0 Å². The van der Waals surface area contributed by atoms with E-state index in [2.05, 4.69) is 15.7 Å². The number of halogens is 2. The molecule has 1 amide bonds. The first-order valence-corrected chi connectivity index (χ1v) is 10.4. The number of carbonyl (C=O) groups excluding carboxylic acids is 1. The number of aromatic nitrogens is 2. The molecule has 5 nitrogen and oxygen atoms in total. The molecule has 3 aromatic rings. The van der Waals surface area contributed by atoms with Crippen molar-refractivity contribution < 1.29 is 9.18 Å². The molecule has 30 heavy (non-hydrogen) atoms. The van der Waals surface area contributed by atoms with Crippen LogP contribution in [0.2, 0.25) is 5.02 Å². The average Bonchev–Trinajstić information content (AvgIpc) is 3.18. The van der Waals surface area contributed by atoms with Gasteiger partial charge in [-0.3, -0.25) is 4.79 Å². The van der Waals surface area contributed by atoms with Gasteiger partial charge < -0.3 is 10.6 Å². The number of hydrogen-bond donors (Lipinski definition) is 2. The minimum Gasteiger partial charge on any atom is -0.322 e. The second-order valence-electron chi connectivity index (χ2n) is 7.73. The van der Waals surface area contributed by atoms with Gasteiger partial charge in [0.2, 0.25) is 0 Å². The molecule has 2 N–H and O–H groups in total. The maximum absolute atomic E-state index is 13.4. The highest BCUT2D eigenvalue weighted by molar-refractivity contribution is 6.31. The predicted molar refractivity (Wildman–Crippen MR) is 117 cm³/mol. The normalized spacial score (nSPS) is 14.7. The number of amides is 1. The number of rotatable bonds is 4. The first-order valence-electron chi connectivity index (χ1n) is 10.1. The lowest BCUT2D eigenvalue weighted by molar-refractivity contribution is 0.102. The van der Waals surface area contributed by atoms with Gasteiger partial charge >= 0.3 is 0 Å². The summed E-state index contributed by atoms with van der Waals surface area (Å²) in [5.41, 5.74) is 4.49. The highest BCUT2D eigenvalue weighted by Crippen LogP contribution is 2.32. The summed E-state index contributed by atoms with van der Waals surface area (Å²) in [5.74, 6) is -0.378. The standard InChI is InChI=1S/C23H24ClFN4O/c1-14-3-5-18(12-20(14)24)29-22(16-7-9-26-10-8-16)19(13-27-29)23(30)28-21-6-4-17(25)11-15(21)2/h3-6,11-13,16,26H,7-10H2,1-2H3,(H,28,30). The van der Waals surface area contributed by atoms with Gasteiger partial charge in [0.05, 0.1) is 23.1 Å². The number of anilines is 1. The molecular formula is C23H24ClFN4O. The summed E-state index contributed by atoms with van der Waals surface area (Å²) in [6.07, 6.45) is 3.45. The summed E-state index contributed by atoms with van der Waals surface area (Å²) in [6, 6.07) is 10.1. The highest BCUT2D eigenvalue weighted by atomic mass is 35.5. The second-order valence-corrected chi connectivity index (χ2v) is 8.13. The van der Waals surface area contributed by atoms with E-state index < -0.39 is 0 Å². The van der Waals surface area contributed by atoms with Gasteiger partial charge in [0.1, 0.15) is 5.82 Å². The molecule has 2 aromatic carbocycles. The van der Waals surface area contributed by atoms with Crippen LogP contribution >= 0.6 is 11.6 Å². The molecule has 0 aliphatic carbocycles. The zero-order valence-electron chi connectivity index (χ0n) is 17.0. The van der Waals surface area contributed by atoms with Crippen LogP contribution in [0, 0.1) is 19.7 Å². The Morgan fingerprint density at radius 2 is 1.93 bits per heavy atom. The molecular weight excluding hydrogens is 403 g/mol. The largest absolute Gasteiger partial charge is 0.322 e. The van der Waals surface area contributed by atoms with Crippen molar-refractivity contribution in [3.63, 3.8) is 0 Å². The van der Waals surface area contributed by atoms with E-state index in [1.807, 2.05) is 29.8 Å². The van der Waals surface area contributed by atoms with Crippen molar-refractivity contribution >= 4 is 23.2 Å². The Balaban J connectivity index is 1.74. The average molecular weight is 427 g/mol. The molecule has 0 bridgehead atoms. The Bertz CT molecular complexity index is 1090.